The van der Waals surface area contributed by atoms with Gasteiger partial charge in [0.05, 0.1) is 12.1 Å². The maximum Gasteiger partial charge on any atom is 0.573 e. The summed E-state index contributed by atoms with van der Waals surface area (Å²) in [5, 5.41) is 12.6. The average Bonchev–Trinajstić information content (AvgIpc) is 2.35. The molecule has 4 N–H and O–H groups in total. The fourth-order valence-electron chi connectivity index (χ4n) is 1.90. The first-order chi connectivity index (χ1) is 9.76. The van der Waals surface area contributed by atoms with Gasteiger partial charge in [-0.2, -0.15) is 0 Å². The summed E-state index contributed by atoms with van der Waals surface area (Å²) in [5.74, 6) is -0.216. The molecule has 0 saturated heterocycles. The van der Waals surface area contributed by atoms with Gasteiger partial charge >= 0.3 is 6.36 Å². The highest BCUT2D eigenvalue weighted by Crippen LogP contribution is 2.31. The SMILES string of the molecule is NC(=NCC1(O)CCC1)Nc1ccc(OC(F)(F)F)cc1. The van der Waals surface area contributed by atoms with Crippen LogP contribution in [0.3, 0.4) is 0 Å². The second kappa shape index (κ2) is 5.80. The smallest absolute Gasteiger partial charge is 0.406 e. The summed E-state index contributed by atoms with van der Waals surface area (Å²) in [6, 6.07) is 5.12. The zero-order valence-electron chi connectivity index (χ0n) is 11.2. The minimum atomic E-state index is -4.71. The number of nitrogens with zero attached hydrogens (tertiary/aromatic N) is 1. The van der Waals surface area contributed by atoms with Gasteiger partial charge in [-0.3, -0.25) is 4.99 Å². The lowest BCUT2D eigenvalue weighted by molar-refractivity contribution is -0.274. The molecule has 116 valence electrons. The molecule has 0 spiro atoms. The van der Waals surface area contributed by atoms with Crippen LogP contribution in [-0.2, 0) is 0 Å². The molecule has 1 aliphatic rings. The van der Waals surface area contributed by atoms with E-state index in [1.54, 1.807) is 0 Å². The van der Waals surface area contributed by atoms with Crippen LogP contribution in [0.15, 0.2) is 29.3 Å². The van der Waals surface area contributed by atoms with Crippen molar-refractivity contribution >= 4 is 11.6 Å². The molecule has 8 heteroatoms. The number of aliphatic hydroxyl groups is 1. The number of aliphatic imine (C=N–C) groups is 1. The predicted molar refractivity (Wildman–Crippen MR) is 72.0 cm³/mol. The normalized spacial score (nSPS) is 18.0. The van der Waals surface area contributed by atoms with Crippen LogP contribution >= 0.6 is 0 Å². The van der Waals surface area contributed by atoms with Gasteiger partial charge in [0.1, 0.15) is 5.75 Å². The summed E-state index contributed by atoms with van der Waals surface area (Å²) < 4.78 is 39.8. The highest BCUT2D eigenvalue weighted by atomic mass is 19.4. The monoisotopic (exact) mass is 303 g/mol. The van der Waals surface area contributed by atoms with Gasteiger partial charge in [-0.1, -0.05) is 0 Å². The molecule has 0 aliphatic heterocycles. The quantitative estimate of drug-likeness (QED) is 0.588. The molecule has 0 bridgehead atoms. The van der Waals surface area contributed by atoms with E-state index in [9.17, 15) is 18.3 Å². The summed E-state index contributed by atoms with van der Waals surface area (Å²) in [5.41, 5.74) is 5.36. The number of alkyl halides is 3. The van der Waals surface area contributed by atoms with Crippen LogP contribution in [0.5, 0.6) is 5.75 Å². The Morgan fingerprint density at radius 2 is 1.95 bits per heavy atom. The number of hydrogen-bond donors (Lipinski definition) is 3. The molecular weight excluding hydrogens is 287 g/mol. The van der Waals surface area contributed by atoms with Gasteiger partial charge in [0, 0.05) is 5.69 Å². The molecule has 0 unspecified atom stereocenters. The minimum Gasteiger partial charge on any atom is -0.406 e. The third kappa shape index (κ3) is 4.82. The molecule has 0 amide bonds. The first-order valence-electron chi connectivity index (χ1n) is 6.41. The minimum absolute atomic E-state index is 0.0971. The summed E-state index contributed by atoms with van der Waals surface area (Å²) in [6.07, 6.45) is -2.34. The van der Waals surface area contributed by atoms with Crippen LogP contribution in [-0.4, -0.2) is 29.6 Å². The molecular formula is C13H16F3N3O2. The van der Waals surface area contributed by atoms with Gasteiger partial charge in [-0.25, -0.2) is 0 Å². The largest absolute Gasteiger partial charge is 0.573 e. The van der Waals surface area contributed by atoms with Crippen LogP contribution in [0.2, 0.25) is 0 Å². The zero-order chi connectivity index (χ0) is 15.5. The van der Waals surface area contributed by atoms with Crippen molar-refractivity contribution in [1.82, 2.24) is 0 Å². The lowest BCUT2D eigenvalue weighted by Gasteiger charge is -2.34. The number of ether oxygens (including phenoxy) is 1. The van der Waals surface area contributed by atoms with E-state index < -0.39 is 12.0 Å². The zero-order valence-corrected chi connectivity index (χ0v) is 11.2. The molecule has 0 radical (unpaired) electrons. The highest BCUT2D eigenvalue weighted by Gasteiger charge is 2.34. The Balaban J connectivity index is 1.89. The standard InChI is InChI=1S/C13H16F3N3O2/c14-13(15,16)21-10-4-2-9(3-5-10)19-11(17)18-8-12(20)6-1-7-12/h2-5,20H,1,6-8H2,(H3,17,18,19). The average molecular weight is 303 g/mol. The van der Waals surface area contributed by atoms with E-state index >= 15 is 0 Å². The number of nitrogens with two attached hydrogens (primary N) is 1. The van der Waals surface area contributed by atoms with Crippen molar-refractivity contribution in [1.29, 1.82) is 0 Å². The van der Waals surface area contributed by atoms with E-state index in [1.165, 1.54) is 24.3 Å². The fraction of sp³-hybridized carbons (Fsp3) is 0.462. The molecule has 0 aromatic heterocycles. The maximum atomic E-state index is 12.0. The van der Waals surface area contributed by atoms with Crippen molar-refractivity contribution in [3.05, 3.63) is 24.3 Å². The second-order valence-electron chi connectivity index (χ2n) is 4.98. The Bertz CT molecular complexity index is 510. The lowest BCUT2D eigenvalue weighted by Crippen LogP contribution is -2.41. The molecule has 2 rings (SSSR count). The summed E-state index contributed by atoms with van der Waals surface area (Å²) >= 11 is 0. The number of nitrogens with one attached hydrogen (secondary N) is 1. The molecule has 1 saturated carbocycles. The fourth-order valence-corrected chi connectivity index (χ4v) is 1.90. The van der Waals surface area contributed by atoms with Crippen LogP contribution in [0.4, 0.5) is 18.9 Å². The van der Waals surface area contributed by atoms with E-state index in [2.05, 4.69) is 15.0 Å². The Morgan fingerprint density at radius 1 is 1.33 bits per heavy atom. The van der Waals surface area contributed by atoms with Gasteiger partial charge < -0.3 is 20.9 Å². The van der Waals surface area contributed by atoms with Crippen molar-refractivity contribution in [2.24, 2.45) is 10.7 Å². The van der Waals surface area contributed by atoms with Crippen molar-refractivity contribution in [3.8, 4) is 5.75 Å². The van der Waals surface area contributed by atoms with Crippen LogP contribution in [0.25, 0.3) is 0 Å². The second-order valence-corrected chi connectivity index (χ2v) is 4.98. The number of rotatable bonds is 4. The molecule has 0 heterocycles. The lowest BCUT2D eigenvalue weighted by atomic mass is 9.80. The summed E-state index contributed by atoms with van der Waals surface area (Å²) in [6.45, 7) is 0.209. The maximum absolute atomic E-state index is 12.0. The molecule has 0 atom stereocenters. The number of halogens is 3. The van der Waals surface area contributed by atoms with E-state index in [-0.39, 0.29) is 18.3 Å². The van der Waals surface area contributed by atoms with Crippen LogP contribution in [0, 0.1) is 0 Å². The number of anilines is 1. The molecule has 5 nitrogen and oxygen atoms in total. The van der Waals surface area contributed by atoms with Gasteiger partial charge in [0.25, 0.3) is 0 Å². The van der Waals surface area contributed by atoms with Crippen molar-refractivity contribution in [3.63, 3.8) is 0 Å². The molecule has 1 aromatic rings. The van der Waals surface area contributed by atoms with Crippen molar-refractivity contribution in [2.45, 2.75) is 31.2 Å². The highest BCUT2D eigenvalue weighted by molar-refractivity contribution is 5.92. The predicted octanol–water partition coefficient (Wildman–Crippen LogP) is 2.23. The van der Waals surface area contributed by atoms with E-state index in [0.29, 0.717) is 18.5 Å². The summed E-state index contributed by atoms with van der Waals surface area (Å²) in [4.78, 5) is 4.02. The van der Waals surface area contributed by atoms with Gasteiger partial charge in [-0.05, 0) is 43.5 Å². The van der Waals surface area contributed by atoms with Crippen molar-refractivity contribution < 1.29 is 23.0 Å². The van der Waals surface area contributed by atoms with E-state index in [0.717, 1.165) is 6.42 Å². The van der Waals surface area contributed by atoms with Crippen molar-refractivity contribution in [2.75, 3.05) is 11.9 Å². The number of hydrogen-bond acceptors (Lipinski definition) is 3. The third-order valence-electron chi connectivity index (χ3n) is 3.19. The van der Waals surface area contributed by atoms with Crippen LogP contribution in [0.1, 0.15) is 19.3 Å². The van der Waals surface area contributed by atoms with Gasteiger partial charge in [0.2, 0.25) is 0 Å². The number of benzene rings is 1. The Hall–Kier alpha value is -1.96. The Kier molecular flexibility index (Phi) is 4.26. The Labute approximate surface area is 119 Å². The molecule has 1 fully saturated rings. The van der Waals surface area contributed by atoms with Gasteiger partial charge in [-0.15, -0.1) is 13.2 Å². The Morgan fingerprint density at radius 3 is 2.43 bits per heavy atom. The van der Waals surface area contributed by atoms with Crippen LogP contribution < -0.4 is 15.8 Å². The van der Waals surface area contributed by atoms with E-state index in [1.807, 2.05) is 0 Å². The topological polar surface area (TPSA) is 79.9 Å². The molecule has 1 aromatic carbocycles. The summed E-state index contributed by atoms with van der Waals surface area (Å²) in [7, 11) is 0. The number of guanidine groups is 1. The first kappa shape index (κ1) is 15.4. The third-order valence-corrected chi connectivity index (χ3v) is 3.19. The molecule has 1 aliphatic carbocycles. The van der Waals surface area contributed by atoms with E-state index in [4.69, 9.17) is 5.73 Å². The molecule has 21 heavy (non-hydrogen) atoms. The first-order valence-corrected chi connectivity index (χ1v) is 6.41. The van der Waals surface area contributed by atoms with Gasteiger partial charge in [0.15, 0.2) is 5.96 Å².